The summed E-state index contributed by atoms with van der Waals surface area (Å²) in [4.78, 5) is 29.7. The third-order valence-corrected chi connectivity index (χ3v) is 6.01. The zero-order valence-corrected chi connectivity index (χ0v) is 16.2. The molecule has 1 saturated heterocycles. The number of likely N-dealkylation sites (tertiary alicyclic amines) is 1. The highest BCUT2D eigenvalue weighted by atomic mass is 35.5. The average molecular weight is 383 g/mol. The fourth-order valence-electron chi connectivity index (χ4n) is 4.23. The molecule has 0 N–H and O–H groups in total. The minimum absolute atomic E-state index is 0.0334. The number of carbonyl (C=O) groups excluding carboxylic acids is 2. The zero-order chi connectivity index (χ0) is 19.0. The molecule has 1 fully saturated rings. The quantitative estimate of drug-likeness (QED) is 0.782. The van der Waals surface area contributed by atoms with Crippen LogP contribution in [-0.2, 0) is 11.2 Å². The summed E-state index contributed by atoms with van der Waals surface area (Å²) in [6.07, 6.45) is 2.30. The van der Waals surface area contributed by atoms with E-state index in [-0.39, 0.29) is 23.8 Å². The highest BCUT2D eigenvalue weighted by Crippen LogP contribution is 2.34. The van der Waals surface area contributed by atoms with Crippen LogP contribution in [0.2, 0.25) is 5.02 Å². The Morgan fingerprint density at radius 3 is 2.41 bits per heavy atom. The smallest absolute Gasteiger partial charge is 0.255 e. The Morgan fingerprint density at radius 2 is 1.67 bits per heavy atom. The number of benzene rings is 2. The third-order valence-electron chi connectivity index (χ3n) is 5.68. The normalized spacial score (nSPS) is 19.9. The lowest BCUT2D eigenvalue weighted by atomic mass is 9.94. The number of para-hydroxylation sites is 1. The van der Waals surface area contributed by atoms with Gasteiger partial charge in [0.2, 0.25) is 5.91 Å². The van der Waals surface area contributed by atoms with Crippen LogP contribution in [0.25, 0.3) is 0 Å². The first kappa shape index (κ1) is 18.1. The Hall–Kier alpha value is -2.33. The number of carbonyl (C=O) groups is 2. The molecule has 5 heteroatoms. The van der Waals surface area contributed by atoms with Gasteiger partial charge in [-0.25, -0.2) is 0 Å². The number of rotatable bonds is 2. The van der Waals surface area contributed by atoms with Crippen molar-refractivity contribution in [3.8, 4) is 0 Å². The van der Waals surface area contributed by atoms with E-state index in [1.807, 2.05) is 40.1 Å². The second kappa shape index (κ2) is 7.35. The molecule has 2 aromatic carbocycles. The first-order valence-electron chi connectivity index (χ1n) is 9.51. The molecule has 0 spiro atoms. The van der Waals surface area contributed by atoms with Crippen LogP contribution in [0.1, 0.15) is 35.7 Å². The molecule has 4 nitrogen and oxygen atoms in total. The van der Waals surface area contributed by atoms with Crippen LogP contribution >= 0.6 is 11.6 Å². The molecule has 27 heavy (non-hydrogen) atoms. The molecular formula is C22H23ClN2O2. The standard InChI is InChI=1S/C22H23ClN2O2/c1-15-14-17-6-2-5-9-20(17)25(15)21(26)16-10-12-24(13-11-16)22(27)18-7-3-4-8-19(18)23/h2-9,15-16H,10-14H2,1H3. The van der Waals surface area contributed by atoms with Gasteiger partial charge in [0.15, 0.2) is 0 Å². The van der Waals surface area contributed by atoms with Crippen molar-refractivity contribution in [3.05, 3.63) is 64.7 Å². The second-order valence-electron chi connectivity index (χ2n) is 7.44. The highest BCUT2D eigenvalue weighted by Gasteiger charge is 2.36. The summed E-state index contributed by atoms with van der Waals surface area (Å²) in [5.41, 5.74) is 2.82. The monoisotopic (exact) mass is 382 g/mol. The van der Waals surface area contributed by atoms with E-state index in [1.165, 1.54) is 5.56 Å². The van der Waals surface area contributed by atoms with Crippen molar-refractivity contribution in [2.75, 3.05) is 18.0 Å². The van der Waals surface area contributed by atoms with E-state index in [9.17, 15) is 9.59 Å². The summed E-state index contributed by atoms with van der Waals surface area (Å²) >= 11 is 6.16. The average Bonchev–Trinajstić information content (AvgIpc) is 3.03. The second-order valence-corrected chi connectivity index (χ2v) is 7.84. The minimum Gasteiger partial charge on any atom is -0.339 e. The third kappa shape index (κ3) is 3.34. The summed E-state index contributed by atoms with van der Waals surface area (Å²) in [6.45, 7) is 3.28. The van der Waals surface area contributed by atoms with Crippen molar-refractivity contribution in [2.45, 2.75) is 32.2 Å². The molecule has 0 aromatic heterocycles. The minimum atomic E-state index is -0.0496. The molecule has 0 aliphatic carbocycles. The number of nitrogens with zero attached hydrogens (tertiary/aromatic N) is 2. The van der Waals surface area contributed by atoms with Crippen LogP contribution in [-0.4, -0.2) is 35.8 Å². The maximum Gasteiger partial charge on any atom is 0.255 e. The zero-order valence-electron chi connectivity index (χ0n) is 15.4. The van der Waals surface area contributed by atoms with Gasteiger partial charge in [-0.15, -0.1) is 0 Å². The van der Waals surface area contributed by atoms with E-state index in [0.29, 0.717) is 36.5 Å². The van der Waals surface area contributed by atoms with Crippen molar-refractivity contribution in [1.29, 1.82) is 0 Å². The van der Waals surface area contributed by atoms with Gasteiger partial charge in [-0.3, -0.25) is 9.59 Å². The van der Waals surface area contributed by atoms with E-state index >= 15 is 0 Å². The number of anilines is 1. The van der Waals surface area contributed by atoms with Crippen molar-refractivity contribution in [1.82, 2.24) is 4.90 Å². The number of hydrogen-bond acceptors (Lipinski definition) is 2. The SMILES string of the molecule is CC1Cc2ccccc2N1C(=O)C1CCN(C(=O)c2ccccc2Cl)CC1. The molecule has 1 unspecified atom stereocenters. The van der Waals surface area contributed by atoms with E-state index < -0.39 is 0 Å². The van der Waals surface area contributed by atoms with Crippen molar-refractivity contribution in [3.63, 3.8) is 0 Å². The lowest BCUT2D eigenvalue weighted by Gasteiger charge is -2.34. The Kier molecular flexibility index (Phi) is 4.92. The lowest BCUT2D eigenvalue weighted by molar-refractivity contribution is -0.124. The molecule has 1 atom stereocenters. The maximum absolute atomic E-state index is 13.2. The van der Waals surface area contributed by atoms with E-state index in [1.54, 1.807) is 12.1 Å². The first-order chi connectivity index (χ1) is 13.1. The van der Waals surface area contributed by atoms with Crippen LogP contribution in [0.5, 0.6) is 0 Å². The number of fused-ring (bicyclic) bond motifs is 1. The molecule has 2 aromatic rings. The Balaban J connectivity index is 1.43. The lowest BCUT2D eigenvalue weighted by Crippen LogP contribution is -2.46. The topological polar surface area (TPSA) is 40.6 Å². The fourth-order valence-corrected chi connectivity index (χ4v) is 4.45. The summed E-state index contributed by atoms with van der Waals surface area (Å²) in [5.74, 6) is 0.109. The van der Waals surface area contributed by atoms with Gasteiger partial charge in [0, 0.05) is 30.7 Å². The van der Waals surface area contributed by atoms with Gasteiger partial charge in [0.05, 0.1) is 10.6 Å². The van der Waals surface area contributed by atoms with Gasteiger partial charge in [-0.1, -0.05) is 41.9 Å². The van der Waals surface area contributed by atoms with Gasteiger partial charge in [0.1, 0.15) is 0 Å². The molecule has 4 rings (SSSR count). The van der Waals surface area contributed by atoms with Gasteiger partial charge in [0.25, 0.3) is 5.91 Å². The summed E-state index contributed by atoms with van der Waals surface area (Å²) in [6, 6.07) is 15.5. The van der Waals surface area contributed by atoms with Crippen LogP contribution in [0, 0.1) is 5.92 Å². The number of piperidine rings is 1. The van der Waals surface area contributed by atoms with Crippen molar-refractivity contribution in [2.24, 2.45) is 5.92 Å². The molecule has 2 aliphatic rings. The van der Waals surface area contributed by atoms with Crippen LogP contribution in [0.15, 0.2) is 48.5 Å². The molecule has 2 aliphatic heterocycles. The Morgan fingerprint density at radius 1 is 1.00 bits per heavy atom. The van der Waals surface area contributed by atoms with Crippen LogP contribution in [0.3, 0.4) is 0 Å². The fraction of sp³-hybridized carbons (Fsp3) is 0.364. The number of hydrogen-bond donors (Lipinski definition) is 0. The van der Waals surface area contributed by atoms with Gasteiger partial charge in [-0.2, -0.15) is 0 Å². The molecular weight excluding hydrogens is 360 g/mol. The largest absolute Gasteiger partial charge is 0.339 e. The van der Waals surface area contributed by atoms with Crippen molar-refractivity contribution >= 4 is 29.1 Å². The Bertz CT molecular complexity index is 874. The molecule has 0 saturated carbocycles. The van der Waals surface area contributed by atoms with Crippen LogP contribution in [0.4, 0.5) is 5.69 Å². The first-order valence-corrected chi connectivity index (χ1v) is 9.89. The summed E-state index contributed by atoms with van der Waals surface area (Å²) in [7, 11) is 0. The Labute approximate surface area is 164 Å². The van der Waals surface area contributed by atoms with Crippen molar-refractivity contribution < 1.29 is 9.59 Å². The van der Waals surface area contributed by atoms with E-state index in [4.69, 9.17) is 11.6 Å². The predicted octanol–water partition coefficient (Wildman–Crippen LogP) is 4.17. The van der Waals surface area contributed by atoms with Gasteiger partial charge >= 0.3 is 0 Å². The van der Waals surface area contributed by atoms with E-state index in [2.05, 4.69) is 13.0 Å². The predicted molar refractivity (Wildman–Crippen MR) is 107 cm³/mol. The maximum atomic E-state index is 13.2. The molecule has 2 amide bonds. The van der Waals surface area contributed by atoms with E-state index in [0.717, 1.165) is 12.1 Å². The van der Waals surface area contributed by atoms with Gasteiger partial charge < -0.3 is 9.80 Å². The number of halogens is 1. The number of amides is 2. The molecule has 0 bridgehead atoms. The van der Waals surface area contributed by atoms with Crippen LogP contribution < -0.4 is 4.90 Å². The molecule has 2 heterocycles. The molecule has 140 valence electrons. The summed E-state index contributed by atoms with van der Waals surface area (Å²) in [5, 5.41) is 0.475. The van der Waals surface area contributed by atoms with Gasteiger partial charge in [-0.05, 0) is 49.9 Å². The highest BCUT2D eigenvalue weighted by molar-refractivity contribution is 6.33. The summed E-state index contributed by atoms with van der Waals surface area (Å²) < 4.78 is 0. The molecule has 0 radical (unpaired) electrons.